The Balaban J connectivity index is 1.98. The van der Waals surface area contributed by atoms with E-state index < -0.39 is 0 Å². The molecule has 0 saturated carbocycles. The quantitative estimate of drug-likeness (QED) is 0.563. The van der Waals surface area contributed by atoms with Crippen LogP contribution in [0, 0.1) is 0 Å². The molecule has 2 aromatic carbocycles. The Labute approximate surface area is 128 Å². The largest absolute Gasteiger partial charge is 0.340 e. The summed E-state index contributed by atoms with van der Waals surface area (Å²) >= 11 is 1.54. The third-order valence-corrected chi connectivity index (χ3v) is 3.55. The molecule has 0 radical (unpaired) electrons. The number of nitrogens with zero attached hydrogens (tertiary/aromatic N) is 2. The van der Waals surface area contributed by atoms with Crippen molar-refractivity contribution in [1.82, 2.24) is 9.97 Å². The molecule has 0 aliphatic rings. The summed E-state index contributed by atoms with van der Waals surface area (Å²) in [5.41, 5.74) is 3.03. The monoisotopic (exact) mass is 293 g/mol. The molecule has 1 aromatic heterocycles. The highest BCUT2D eigenvalue weighted by molar-refractivity contribution is 7.98. The lowest BCUT2D eigenvalue weighted by Gasteiger charge is -2.09. The summed E-state index contributed by atoms with van der Waals surface area (Å²) in [6.07, 6.45) is 1.98. The summed E-state index contributed by atoms with van der Waals surface area (Å²) < 4.78 is 0. The van der Waals surface area contributed by atoms with Gasteiger partial charge in [0.1, 0.15) is 5.82 Å². The van der Waals surface area contributed by atoms with Gasteiger partial charge in [-0.2, -0.15) is 0 Å². The Kier molecular flexibility index (Phi) is 4.17. The van der Waals surface area contributed by atoms with Crippen LogP contribution in [0.3, 0.4) is 0 Å². The number of nitrogens with one attached hydrogen (secondary N) is 1. The van der Waals surface area contributed by atoms with Gasteiger partial charge in [-0.3, -0.25) is 0 Å². The van der Waals surface area contributed by atoms with E-state index in [1.807, 2.05) is 60.9 Å². The summed E-state index contributed by atoms with van der Waals surface area (Å²) in [4.78, 5) is 9.09. The summed E-state index contributed by atoms with van der Waals surface area (Å²) in [6, 6.07) is 22.1. The lowest BCUT2D eigenvalue weighted by atomic mass is 10.1. The Hall–Kier alpha value is -2.33. The van der Waals surface area contributed by atoms with Crippen LogP contribution in [0.5, 0.6) is 0 Å². The standard InChI is InChI=1S/C17H15N3S/c1-21-17-19-15(13-8-4-2-5-9-13)12-16(20-17)18-14-10-6-3-7-11-14/h2-12H,1H3,(H,18,19,20). The summed E-state index contributed by atoms with van der Waals surface area (Å²) in [6.45, 7) is 0. The number of hydrogen-bond donors (Lipinski definition) is 1. The van der Waals surface area contributed by atoms with Crippen LogP contribution in [0.25, 0.3) is 11.3 Å². The second kappa shape index (κ2) is 6.41. The van der Waals surface area contributed by atoms with Gasteiger partial charge in [0.05, 0.1) is 5.69 Å². The molecule has 0 aliphatic carbocycles. The Bertz CT molecular complexity index is 715. The van der Waals surface area contributed by atoms with Crippen molar-refractivity contribution in [2.45, 2.75) is 5.16 Å². The normalized spacial score (nSPS) is 10.3. The molecule has 3 rings (SSSR count). The van der Waals surface area contributed by atoms with Crippen LogP contribution in [0.4, 0.5) is 11.5 Å². The second-order valence-electron chi connectivity index (χ2n) is 4.48. The third-order valence-electron chi connectivity index (χ3n) is 3.00. The van der Waals surface area contributed by atoms with Crippen LogP contribution in [0.15, 0.2) is 71.9 Å². The molecule has 0 aliphatic heterocycles. The third kappa shape index (κ3) is 3.41. The van der Waals surface area contributed by atoms with Gasteiger partial charge in [-0.1, -0.05) is 60.3 Å². The van der Waals surface area contributed by atoms with Crippen LogP contribution in [-0.4, -0.2) is 16.2 Å². The van der Waals surface area contributed by atoms with Crippen LogP contribution in [0.2, 0.25) is 0 Å². The maximum atomic E-state index is 4.58. The van der Waals surface area contributed by atoms with E-state index >= 15 is 0 Å². The number of benzene rings is 2. The van der Waals surface area contributed by atoms with Gasteiger partial charge < -0.3 is 5.32 Å². The fourth-order valence-electron chi connectivity index (χ4n) is 2.01. The maximum Gasteiger partial charge on any atom is 0.189 e. The highest BCUT2D eigenvalue weighted by Crippen LogP contribution is 2.24. The smallest absolute Gasteiger partial charge is 0.189 e. The number of para-hydroxylation sites is 1. The minimum absolute atomic E-state index is 0.759. The van der Waals surface area contributed by atoms with Gasteiger partial charge in [0.15, 0.2) is 5.16 Å². The van der Waals surface area contributed by atoms with Crippen molar-refractivity contribution in [2.75, 3.05) is 11.6 Å². The van der Waals surface area contributed by atoms with Crippen LogP contribution >= 0.6 is 11.8 Å². The van der Waals surface area contributed by atoms with E-state index in [-0.39, 0.29) is 0 Å². The molecular weight excluding hydrogens is 278 g/mol. The highest BCUT2D eigenvalue weighted by Gasteiger charge is 2.06. The van der Waals surface area contributed by atoms with E-state index in [1.54, 1.807) is 11.8 Å². The van der Waals surface area contributed by atoms with Gasteiger partial charge in [-0.15, -0.1) is 0 Å². The van der Waals surface area contributed by atoms with Crippen LogP contribution in [0.1, 0.15) is 0 Å². The Morgan fingerprint density at radius 2 is 1.52 bits per heavy atom. The molecule has 0 bridgehead atoms. The minimum atomic E-state index is 0.759. The molecule has 104 valence electrons. The first-order valence-electron chi connectivity index (χ1n) is 6.66. The van der Waals surface area contributed by atoms with Crippen molar-refractivity contribution in [3.8, 4) is 11.3 Å². The van der Waals surface area contributed by atoms with Crippen molar-refractivity contribution in [2.24, 2.45) is 0 Å². The van der Waals surface area contributed by atoms with Gasteiger partial charge in [0.2, 0.25) is 0 Å². The average Bonchev–Trinajstić information content (AvgIpc) is 2.56. The molecule has 0 saturated heterocycles. The molecule has 0 fully saturated rings. The molecule has 3 aromatic rings. The van der Waals surface area contributed by atoms with Gasteiger partial charge >= 0.3 is 0 Å². The van der Waals surface area contributed by atoms with E-state index in [9.17, 15) is 0 Å². The van der Waals surface area contributed by atoms with E-state index in [4.69, 9.17) is 0 Å². The first kappa shape index (κ1) is 13.6. The predicted octanol–water partition coefficient (Wildman–Crippen LogP) is 4.61. The highest BCUT2D eigenvalue weighted by atomic mass is 32.2. The van der Waals surface area contributed by atoms with Crippen molar-refractivity contribution < 1.29 is 0 Å². The number of aromatic nitrogens is 2. The van der Waals surface area contributed by atoms with Gasteiger partial charge in [-0.05, 0) is 18.4 Å². The van der Waals surface area contributed by atoms with Gasteiger partial charge in [0.25, 0.3) is 0 Å². The van der Waals surface area contributed by atoms with Crippen molar-refractivity contribution >= 4 is 23.3 Å². The summed E-state index contributed by atoms with van der Waals surface area (Å²) in [7, 11) is 0. The minimum Gasteiger partial charge on any atom is -0.340 e. The summed E-state index contributed by atoms with van der Waals surface area (Å²) in [5, 5.41) is 4.08. The SMILES string of the molecule is CSc1nc(Nc2ccccc2)cc(-c2ccccc2)n1. The predicted molar refractivity (Wildman–Crippen MR) is 89.0 cm³/mol. The van der Waals surface area contributed by atoms with Crippen molar-refractivity contribution in [3.05, 3.63) is 66.7 Å². The summed E-state index contributed by atoms with van der Waals surface area (Å²) in [5.74, 6) is 0.805. The van der Waals surface area contributed by atoms with E-state index in [0.29, 0.717) is 0 Å². The van der Waals surface area contributed by atoms with E-state index in [0.717, 1.165) is 27.9 Å². The number of hydrogen-bond acceptors (Lipinski definition) is 4. The lowest BCUT2D eigenvalue weighted by Crippen LogP contribution is -1.98. The first-order chi connectivity index (χ1) is 10.3. The molecule has 0 amide bonds. The fraction of sp³-hybridized carbons (Fsp3) is 0.0588. The molecule has 1 heterocycles. The topological polar surface area (TPSA) is 37.8 Å². The molecule has 21 heavy (non-hydrogen) atoms. The lowest BCUT2D eigenvalue weighted by molar-refractivity contribution is 0.981. The van der Waals surface area contributed by atoms with E-state index in [2.05, 4.69) is 27.4 Å². The number of anilines is 2. The molecule has 0 unspecified atom stereocenters. The van der Waals surface area contributed by atoms with Crippen LogP contribution < -0.4 is 5.32 Å². The van der Waals surface area contributed by atoms with E-state index in [1.165, 1.54) is 0 Å². The molecular formula is C17H15N3S. The molecule has 0 atom stereocenters. The van der Waals surface area contributed by atoms with Crippen molar-refractivity contribution in [3.63, 3.8) is 0 Å². The zero-order chi connectivity index (χ0) is 14.5. The Morgan fingerprint density at radius 1 is 0.857 bits per heavy atom. The molecule has 1 N–H and O–H groups in total. The second-order valence-corrected chi connectivity index (χ2v) is 5.26. The zero-order valence-corrected chi connectivity index (χ0v) is 12.5. The first-order valence-corrected chi connectivity index (χ1v) is 7.88. The number of rotatable bonds is 4. The zero-order valence-electron chi connectivity index (χ0n) is 11.7. The number of thioether (sulfide) groups is 1. The molecule has 0 spiro atoms. The molecule has 4 heteroatoms. The maximum absolute atomic E-state index is 4.58. The van der Waals surface area contributed by atoms with Crippen molar-refractivity contribution in [1.29, 1.82) is 0 Å². The Morgan fingerprint density at radius 3 is 2.19 bits per heavy atom. The average molecular weight is 293 g/mol. The molecule has 3 nitrogen and oxygen atoms in total. The van der Waals surface area contributed by atoms with Gasteiger partial charge in [0, 0.05) is 17.3 Å². The fourth-order valence-corrected chi connectivity index (χ4v) is 2.39. The van der Waals surface area contributed by atoms with Crippen LogP contribution in [-0.2, 0) is 0 Å². The van der Waals surface area contributed by atoms with Gasteiger partial charge in [-0.25, -0.2) is 9.97 Å².